The molecule has 0 spiro atoms. The van der Waals surface area contributed by atoms with Gasteiger partial charge in [-0.2, -0.15) is 10.2 Å². The second-order valence-electron chi connectivity index (χ2n) is 6.54. The zero-order valence-corrected chi connectivity index (χ0v) is 17.1. The fourth-order valence-electron chi connectivity index (χ4n) is 3.26. The van der Waals surface area contributed by atoms with Crippen LogP contribution in [0.2, 0.25) is 0 Å². The number of anilines is 2. The number of rotatable bonds is 5. The molecule has 1 aliphatic heterocycles. The molecule has 0 unspecified atom stereocenters. The van der Waals surface area contributed by atoms with E-state index in [2.05, 4.69) is 27.0 Å². The van der Waals surface area contributed by atoms with Gasteiger partial charge < -0.3 is 19.0 Å². The number of piperazine rings is 1. The fourth-order valence-corrected chi connectivity index (χ4v) is 3.64. The number of benzene rings is 2. The van der Waals surface area contributed by atoms with Gasteiger partial charge in [-0.25, -0.2) is 4.39 Å². The van der Waals surface area contributed by atoms with Crippen molar-refractivity contribution in [1.29, 1.82) is 5.26 Å². The molecule has 1 aromatic heterocycles. The average molecular weight is 457 g/mol. The van der Waals surface area contributed by atoms with Crippen LogP contribution in [0.5, 0.6) is 5.75 Å². The van der Waals surface area contributed by atoms with E-state index in [1.165, 1.54) is 6.07 Å². The Balaban J connectivity index is 1.43. The maximum Gasteiger partial charge on any atom is 0.236 e. The van der Waals surface area contributed by atoms with Gasteiger partial charge in [0.05, 0.1) is 5.69 Å². The lowest BCUT2D eigenvalue weighted by Crippen LogP contribution is -2.47. The lowest BCUT2D eigenvalue weighted by molar-refractivity contribution is 0.263. The first kappa shape index (κ1) is 19.3. The van der Waals surface area contributed by atoms with Gasteiger partial charge in [0.15, 0.2) is 6.61 Å². The average Bonchev–Trinajstić information content (AvgIpc) is 3.16. The van der Waals surface area contributed by atoms with Crippen molar-refractivity contribution in [3.8, 4) is 11.8 Å². The van der Waals surface area contributed by atoms with Crippen molar-refractivity contribution in [1.82, 2.24) is 4.98 Å². The third kappa shape index (κ3) is 4.35. The zero-order chi connectivity index (χ0) is 20.2. The summed E-state index contributed by atoms with van der Waals surface area (Å²) in [5.74, 6) is 1.23. The van der Waals surface area contributed by atoms with E-state index in [0.29, 0.717) is 49.4 Å². The smallest absolute Gasteiger partial charge is 0.236 e. The Kier molecular flexibility index (Phi) is 5.67. The van der Waals surface area contributed by atoms with Crippen LogP contribution >= 0.6 is 15.9 Å². The number of hydrogen-bond acceptors (Lipinski definition) is 6. The normalized spacial score (nSPS) is 14.0. The largest absolute Gasteiger partial charge is 0.484 e. The van der Waals surface area contributed by atoms with Crippen LogP contribution in [-0.2, 0) is 6.61 Å². The van der Waals surface area contributed by atoms with E-state index < -0.39 is 0 Å². The lowest BCUT2D eigenvalue weighted by Gasteiger charge is -2.36. The van der Waals surface area contributed by atoms with Crippen molar-refractivity contribution < 1.29 is 13.5 Å². The van der Waals surface area contributed by atoms with E-state index in [9.17, 15) is 9.65 Å². The van der Waals surface area contributed by atoms with Crippen molar-refractivity contribution in [3.05, 3.63) is 70.4 Å². The number of nitriles is 1. The molecule has 148 valence electrons. The summed E-state index contributed by atoms with van der Waals surface area (Å²) in [5, 5.41) is 9.44. The molecule has 2 heterocycles. The van der Waals surface area contributed by atoms with E-state index in [-0.39, 0.29) is 18.1 Å². The van der Waals surface area contributed by atoms with E-state index in [4.69, 9.17) is 9.15 Å². The van der Waals surface area contributed by atoms with Gasteiger partial charge in [-0.1, -0.05) is 34.1 Å². The molecule has 0 amide bonds. The van der Waals surface area contributed by atoms with Gasteiger partial charge in [0, 0.05) is 30.7 Å². The number of nitrogens with zero attached hydrogens (tertiary/aromatic N) is 4. The van der Waals surface area contributed by atoms with Crippen LogP contribution in [0.4, 0.5) is 16.0 Å². The summed E-state index contributed by atoms with van der Waals surface area (Å²) in [6.45, 7) is 2.57. The monoisotopic (exact) mass is 456 g/mol. The standard InChI is InChI=1S/C21H18BrFN4O2/c22-15-4-3-5-16(12-15)28-14-20-25-18(13-24)21(29-20)27-10-8-26(9-11-27)19-7-2-1-6-17(19)23/h1-7,12H,8-11,14H2. The number of oxazole rings is 1. The molecule has 0 aliphatic carbocycles. The molecule has 1 fully saturated rings. The Hall–Kier alpha value is -3.05. The first-order valence-corrected chi connectivity index (χ1v) is 9.96. The van der Waals surface area contributed by atoms with E-state index in [1.54, 1.807) is 12.1 Å². The van der Waals surface area contributed by atoms with Gasteiger partial charge in [0.25, 0.3) is 0 Å². The lowest BCUT2D eigenvalue weighted by atomic mass is 10.2. The topological polar surface area (TPSA) is 65.5 Å². The minimum atomic E-state index is -0.231. The van der Waals surface area contributed by atoms with E-state index in [0.717, 1.165) is 4.47 Å². The second-order valence-corrected chi connectivity index (χ2v) is 7.46. The second kappa shape index (κ2) is 8.53. The van der Waals surface area contributed by atoms with E-state index in [1.807, 2.05) is 40.1 Å². The zero-order valence-electron chi connectivity index (χ0n) is 15.5. The first-order chi connectivity index (χ1) is 14.1. The molecule has 29 heavy (non-hydrogen) atoms. The van der Waals surface area contributed by atoms with Gasteiger partial charge in [0.1, 0.15) is 17.6 Å². The summed E-state index contributed by atoms with van der Waals surface area (Å²) in [6, 6.07) is 16.3. The van der Waals surface area contributed by atoms with Crippen molar-refractivity contribution in [3.63, 3.8) is 0 Å². The summed E-state index contributed by atoms with van der Waals surface area (Å²) in [4.78, 5) is 8.21. The van der Waals surface area contributed by atoms with Crippen LogP contribution in [0.1, 0.15) is 11.6 Å². The number of hydrogen-bond donors (Lipinski definition) is 0. The number of para-hydroxylation sites is 1. The van der Waals surface area contributed by atoms with Gasteiger partial charge in [-0.15, -0.1) is 0 Å². The maximum atomic E-state index is 14.0. The van der Waals surface area contributed by atoms with Gasteiger partial charge in [-0.3, -0.25) is 0 Å². The molecule has 6 nitrogen and oxygen atoms in total. The predicted molar refractivity (Wildman–Crippen MR) is 111 cm³/mol. The minimum Gasteiger partial charge on any atom is -0.484 e. The molecular formula is C21H18BrFN4O2. The third-order valence-corrected chi connectivity index (χ3v) is 5.17. The molecule has 1 saturated heterocycles. The maximum absolute atomic E-state index is 14.0. The molecule has 8 heteroatoms. The molecule has 4 rings (SSSR count). The molecule has 2 aromatic carbocycles. The van der Waals surface area contributed by atoms with Gasteiger partial charge >= 0.3 is 0 Å². The van der Waals surface area contributed by atoms with Gasteiger partial charge in [-0.05, 0) is 30.3 Å². The number of aromatic nitrogens is 1. The van der Waals surface area contributed by atoms with Crippen molar-refractivity contribution in [2.24, 2.45) is 0 Å². The first-order valence-electron chi connectivity index (χ1n) is 9.16. The summed E-state index contributed by atoms with van der Waals surface area (Å²) in [7, 11) is 0. The third-order valence-electron chi connectivity index (χ3n) is 4.68. The predicted octanol–water partition coefficient (Wildman–Crippen LogP) is 4.35. The Bertz CT molecular complexity index is 1040. The molecule has 0 saturated carbocycles. The van der Waals surface area contributed by atoms with E-state index >= 15 is 0 Å². The highest BCUT2D eigenvalue weighted by atomic mass is 79.9. The molecule has 0 radical (unpaired) electrons. The van der Waals surface area contributed by atoms with Crippen LogP contribution in [0, 0.1) is 17.1 Å². The van der Waals surface area contributed by atoms with Crippen LogP contribution in [0.3, 0.4) is 0 Å². The summed E-state index contributed by atoms with van der Waals surface area (Å²) in [6.07, 6.45) is 0. The molecule has 1 aliphatic rings. The molecular weight excluding hydrogens is 439 g/mol. The van der Waals surface area contributed by atoms with Crippen LogP contribution in [-0.4, -0.2) is 31.2 Å². The number of halogens is 2. The minimum absolute atomic E-state index is 0.125. The van der Waals surface area contributed by atoms with Gasteiger partial charge in [0.2, 0.25) is 17.5 Å². The van der Waals surface area contributed by atoms with Crippen LogP contribution in [0.25, 0.3) is 0 Å². The molecule has 0 bridgehead atoms. The summed E-state index contributed by atoms with van der Waals surface area (Å²) >= 11 is 3.40. The molecule has 3 aromatic rings. The van der Waals surface area contributed by atoms with Crippen LogP contribution < -0.4 is 14.5 Å². The Morgan fingerprint density at radius 1 is 1.10 bits per heavy atom. The van der Waals surface area contributed by atoms with Crippen molar-refractivity contribution in [2.45, 2.75) is 6.61 Å². The molecule has 0 atom stereocenters. The van der Waals surface area contributed by atoms with Crippen LogP contribution in [0.15, 0.2) is 57.4 Å². The molecule has 0 N–H and O–H groups in total. The highest BCUT2D eigenvalue weighted by Crippen LogP contribution is 2.27. The Labute approximate surface area is 176 Å². The fraction of sp³-hybridized carbons (Fsp3) is 0.238. The summed E-state index contributed by atoms with van der Waals surface area (Å²) < 4.78 is 26.5. The van der Waals surface area contributed by atoms with Crippen molar-refractivity contribution in [2.75, 3.05) is 36.0 Å². The number of ether oxygens (including phenoxy) is 1. The Morgan fingerprint density at radius 2 is 1.86 bits per heavy atom. The quantitative estimate of drug-likeness (QED) is 0.568. The highest BCUT2D eigenvalue weighted by molar-refractivity contribution is 9.10. The SMILES string of the molecule is N#Cc1nc(COc2cccc(Br)c2)oc1N1CCN(c2ccccc2F)CC1. The summed E-state index contributed by atoms with van der Waals surface area (Å²) in [5.41, 5.74) is 0.825. The highest BCUT2D eigenvalue weighted by Gasteiger charge is 2.25. The Morgan fingerprint density at radius 3 is 2.59 bits per heavy atom. The van der Waals surface area contributed by atoms with Crippen molar-refractivity contribution >= 4 is 27.5 Å².